The van der Waals surface area contributed by atoms with E-state index in [4.69, 9.17) is 18.9 Å². The molecule has 0 aliphatic heterocycles. The minimum atomic E-state index is -0.577. The van der Waals surface area contributed by atoms with Crippen LogP contribution in [0.25, 0.3) is 0 Å². The van der Waals surface area contributed by atoms with Crippen LogP contribution in [-0.4, -0.2) is 26.2 Å². The van der Waals surface area contributed by atoms with Crippen LogP contribution >= 0.6 is 0 Å². The maximum atomic E-state index is 12.1. The smallest absolute Gasteiger partial charge is 0.309 e. The van der Waals surface area contributed by atoms with E-state index in [1.165, 1.54) is 0 Å². The second-order valence-electron chi connectivity index (χ2n) is 6.07. The Bertz CT molecular complexity index is 736. The van der Waals surface area contributed by atoms with Gasteiger partial charge in [0.1, 0.15) is 24.7 Å². The van der Waals surface area contributed by atoms with Gasteiger partial charge in [-0.15, -0.1) is 0 Å². The summed E-state index contributed by atoms with van der Waals surface area (Å²) in [6.07, 6.45) is -0.0302. The van der Waals surface area contributed by atoms with Gasteiger partial charge in [-0.3, -0.25) is 9.59 Å². The Morgan fingerprint density at radius 1 is 0.778 bits per heavy atom. The lowest BCUT2D eigenvalue weighted by Crippen LogP contribution is -2.19. The van der Waals surface area contributed by atoms with Gasteiger partial charge in [0.15, 0.2) is 0 Å². The molecule has 2 aromatic rings. The summed E-state index contributed by atoms with van der Waals surface area (Å²) in [7, 11) is 3.18. The predicted molar refractivity (Wildman–Crippen MR) is 99.4 cm³/mol. The maximum absolute atomic E-state index is 12.1. The number of hydrogen-bond donors (Lipinski definition) is 0. The first-order valence-electron chi connectivity index (χ1n) is 8.60. The third-order valence-corrected chi connectivity index (χ3v) is 3.97. The van der Waals surface area contributed by atoms with Crippen LogP contribution in [-0.2, 0) is 32.3 Å². The van der Waals surface area contributed by atoms with E-state index >= 15 is 0 Å². The average Bonchev–Trinajstić information content (AvgIpc) is 2.71. The van der Waals surface area contributed by atoms with Gasteiger partial charge in [-0.1, -0.05) is 31.2 Å². The predicted octanol–water partition coefficient (Wildman–Crippen LogP) is 3.52. The molecule has 6 nitrogen and oxygen atoms in total. The fraction of sp³-hybridized carbons (Fsp3) is 0.333. The molecule has 2 aromatic carbocycles. The van der Waals surface area contributed by atoms with Crippen molar-refractivity contribution in [1.82, 2.24) is 0 Å². The number of carbonyl (C=O) groups excluding carboxylic acids is 2. The summed E-state index contributed by atoms with van der Waals surface area (Å²) in [4.78, 5) is 24.0. The molecule has 0 heterocycles. The molecule has 0 amide bonds. The molecular weight excluding hydrogens is 348 g/mol. The van der Waals surface area contributed by atoms with Crippen molar-refractivity contribution in [2.45, 2.75) is 26.6 Å². The Labute approximate surface area is 159 Å². The third kappa shape index (κ3) is 6.66. The molecule has 0 spiro atoms. The van der Waals surface area contributed by atoms with Crippen LogP contribution in [0, 0.1) is 5.92 Å². The van der Waals surface area contributed by atoms with E-state index in [9.17, 15) is 9.59 Å². The largest absolute Gasteiger partial charge is 0.497 e. The molecule has 0 saturated heterocycles. The first-order chi connectivity index (χ1) is 13.0. The number of hydrogen-bond acceptors (Lipinski definition) is 6. The van der Waals surface area contributed by atoms with Gasteiger partial charge in [0, 0.05) is 0 Å². The number of carbonyl (C=O) groups is 2. The van der Waals surface area contributed by atoms with Gasteiger partial charge in [-0.25, -0.2) is 0 Å². The first kappa shape index (κ1) is 20.3. The molecule has 0 aliphatic rings. The Kier molecular flexibility index (Phi) is 7.67. The molecule has 0 radical (unpaired) electrons. The Morgan fingerprint density at radius 2 is 1.22 bits per heavy atom. The molecule has 0 aromatic heterocycles. The van der Waals surface area contributed by atoms with Crippen LogP contribution in [0.2, 0.25) is 0 Å². The highest BCUT2D eigenvalue weighted by atomic mass is 16.5. The fourth-order valence-corrected chi connectivity index (χ4v) is 2.30. The van der Waals surface area contributed by atoms with Gasteiger partial charge in [0.25, 0.3) is 0 Å². The molecule has 0 N–H and O–H groups in total. The van der Waals surface area contributed by atoms with Crippen molar-refractivity contribution in [2.75, 3.05) is 14.2 Å². The molecule has 2 rings (SSSR count). The molecule has 27 heavy (non-hydrogen) atoms. The Morgan fingerprint density at radius 3 is 1.67 bits per heavy atom. The second-order valence-corrected chi connectivity index (χ2v) is 6.07. The fourth-order valence-electron chi connectivity index (χ4n) is 2.30. The minimum absolute atomic E-state index is 0.0302. The van der Waals surface area contributed by atoms with E-state index in [1.54, 1.807) is 45.4 Å². The number of esters is 2. The average molecular weight is 372 g/mol. The van der Waals surface area contributed by atoms with Crippen molar-refractivity contribution in [3.8, 4) is 11.5 Å². The zero-order valence-corrected chi connectivity index (χ0v) is 15.8. The highest BCUT2D eigenvalue weighted by molar-refractivity contribution is 5.79. The quantitative estimate of drug-likeness (QED) is 0.627. The SMILES string of the molecule is COc1ccc(COC(=O)CC(C)C(=O)OCc2ccc(OC)cc2)cc1. The summed E-state index contributed by atoms with van der Waals surface area (Å²) in [5.41, 5.74) is 1.69. The number of benzene rings is 2. The van der Waals surface area contributed by atoms with E-state index in [0.717, 1.165) is 22.6 Å². The van der Waals surface area contributed by atoms with Gasteiger partial charge >= 0.3 is 11.9 Å². The minimum Gasteiger partial charge on any atom is -0.497 e. The molecule has 0 saturated carbocycles. The van der Waals surface area contributed by atoms with Gasteiger partial charge in [-0.2, -0.15) is 0 Å². The summed E-state index contributed by atoms with van der Waals surface area (Å²) in [5.74, 6) is 0.00917. The van der Waals surface area contributed by atoms with Gasteiger partial charge in [0.05, 0.1) is 26.6 Å². The lowest BCUT2D eigenvalue weighted by molar-refractivity contribution is -0.156. The molecule has 6 heteroatoms. The van der Waals surface area contributed by atoms with Crippen molar-refractivity contribution in [3.05, 3.63) is 59.7 Å². The van der Waals surface area contributed by atoms with Crippen LogP contribution in [0.1, 0.15) is 24.5 Å². The van der Waals surface area contributed by atoms with E-state index in [-0.39, 0.29) is 19.6 Å². The summed E-state index contributed by atoms with van der Waals surface area (Å²) in [6.45, 7) is 1.94. The molecule has 0 bridgehead atoms. The molecule has 1 atom stereocenters. The van der Waals surface area contributed by atoms with Crippen LogP contribution in [0.3, 0.4) is 0 Å². The second kappa shape index (κ2) is 10.2. The zero-order valence-electron chi connectivity index (χ0n) is 15.8. The van der Waals surface area contributed by atoms with Crippen molar-refractivity contribution in [1.29, 1.82) is 0 Å². The van der Waals surface area contributed by atoms with Crippen molar-refractivity contribution < 1.29 is 28.5 Å². The van der Waals surface area contributed by atoms with E-state index in [2.05, 4.69) is 0 Å². The third-order valence-electron chi connectivity index (χ3n) is 3.97. The number of rotatable bonds is 9. The summed E-state index contributed by atoms with van der Waals surface area (Å²) < 4.78 is 20.6. The van der Waals surface area contributed by atoms with Crippen LogP contribution in [0.5, 0.6) is 11.5 Å². The topological polar surface area (TPSA) is 71.1 Å². The summed E-state index contributed by atoms with van der Waals surface area (Å²) >= 11 is 0. The lowest BCUT2D eigenvalue weighted by atomic mass is 10.1. The van der Waals surface area contributed by atoms with Crippen molar-refractivity contribution >= 4 is 11.9 Å². The first-order valence-corrected chi connectivity index (χ1v) is 8.60. The normalized spacial score (nSPS) is 11.4. The van der Waals surface area contributed by atoms with Crippen LogP contribution in [0.15, 0.2) is 48.5 Å². The summed E-state index contributed by atoms with van der Waals surface area (Å²) in [5, 5.41) is 0. The highest BCUT2D eigenvalue weighted by Gasteiger charge is 2.19. The van der Waals surface area contributed by atoms with Crippen molar-refractivity contribution in [3.63, 3.8) is 0 Å². The molecule has 0 aliphatic carbocycles. The highest BCUT2D eigenvalue weighted by Crippen LogP contribution is 2.15. The zero-order chi connectivity index (χ0) is 19.6. The standard InChI is InChI=1S/C21H24O6/c1-15(21(23)27-14-17-6-10-19(25-3)11-7-17)12-20(22)26-13-16-4-8-18(24-2)9-5-16/h4-11,15H,12-14H2,1-3H3. The lowest BCUT2D eigenvalue weighted by Gasteiger charge is -2.12. The van der Waals surface area contributed by atoms with E-state index < -0.39 is 17.9 Å². The molecule has 1 unspecified atom stereocenters. The molecule has 144 valence electrons. The van der Waals surface area contributed by atoms with Gasteiger partial charge < -0.3 is 18.9 Å². The van der Waals surface area contributed by atoms with E-state index in [1.807, 2.05) is 24.3 Å². The van der Waals surface area contributed by atoms with Crippen LogP contribution < -0.4 is 9.47 Å². The molecular formula is C21H24O6. The van der Waals surface area contributed by atoms with Crippen LogP contribution in [0.4, 0.5) is 0 Å². The molecule has 0 fully saturated rings. The number of methoxy groups -OCH3 is 2. The maximum Gasteiger partial charge on any atom is 0.309 e. The van der Waals surface area contributed by atoms with E-state index in [0.29, 0.717) is 0 Å². The monoisotopic (exact) mass is 372 g/mol. The Balaban J connectivity index is 1.72. The van der Waals surface area contributed by atoms with Crippen molar-refractivity contribution in [2.24, 2.45) is 5.92 Å². The summed E-state index contributed by atoms with van der Waals surface area (Å²) in [6, 6.07) is 14.5. The Hall–Kier alpha value is -3.02. The van der Waals surface area contributed by atoms with Gasteiger partial charge in [0.2, 0.25) is 0 Å². The number of ether oxygens (including phenoxy) is 4. The van der Waals surface area contributed by atoms with Gasteiger partial charge in [-0.05, 0) is 35.4 Å².